The second kappa shape index (κ2) is 15.6. The second-order valence-electron chi connectivity index (χ2n) is 17.5. The molecule has 0 atom stereocenters. The minimum Gasteiger partial charge on any atom is -0.456 e. The number of furan rings is 1. The fourth-order valence-corrected chi connectivity index (χ4v) is 10.5. The fourth-order valence-electron chi connectivity index (χ4n) is 10.5. The van der Waals surface area contributed by atoms with Crippen LogP contribution in [0.1, 0.15) is 0 Å². The van der Waals surface area contributed by atoms with Crippen LogP contribution in [0.4, 0.5) is 0 Å². The summed E-state index contributed by atoms with van der Waals surface area (Å²) in [7, 11) is 0. The van der Waals surface area contributed by atoms with Crippen LogP contribution in [-0.4, -0.2) is 24.1 Å². The van der Waals surface area contributed by atoms with Gasteiger partial charge >= 0.3 is 0 Å². The molecule has 0 amide bonds. The Morgan fingerprint density at radius 2 is 0.826 bits per heavy atom. The van der Waals surface area contributed by atoms with Crippen molar-refractivity contribution in [3.63, 3.8) is 0 Å². The Kier molecular flexibility index (Phi) is 8.79. The highest BCUT2D eigenvalue weighted by Gasteiger charge is 2.25. The van der Waals surface area contributed by atoms with E-state index < -0.39 is 0 Å². The fraction of sp³-hybridized carbons (Fsp3) is 0. The van der Waals surface area contributed by atoms with Gasteiger partial charge in [-0.2, -0.15) is 9.97 Å². The van der Waals surface area contributed by atoms with Crippen LogP contribution in [0.2, 0.25) is 0 Å². The third-order valence-electron chi connectivity index (χ3n) is 13.6. The van der Waals surface area contributed by atoms with Crippen molar-refractivity contribution in [2.75, 3.05) is 0 Å². The van der Waals surface area contributed by atoms with E-state index >= 15 is 0 Å². The van der Waals surface area contributed by atoms with Crippen LogP contribution >= 0.6 is 0 Å². The summed E-state index contributed by atoms with van der Waals surface area (Å²) in [6.45, 7) is 0. The molecule has 322 valence electrons. The smallest absolute Gasteiger partial charge is 0.238 e. The first-order chi connectivity index (χ1) is 34.2. The Morgan fingerprint density at radius 3 is 1.49 bits per heavy atom. The molecule has 6 nitrogen and oxygen atoms in total. The van der Waals surface area contributed by atoms with E-state index in [2.05, 4.69) is 215 Å². The van der Waals surface area contributed by atoms with Crippen LogP contribution in [0.5, 0.6) is 0 Å². The molecule has 0 bridgehead atoms. The number of hydrogen-bond donors (Lipinski definition) is 0. The van der Waals surface area contributed by atoms with Gasteiger partial charge in [0.05, 0.1) is 27.8 Å². The van der Waals surface area contributed by atoms with Crippen molar-refractivity contribution in [3.05, 3.63) is 237 Å². The summed E-state index contributed by atoms with van der Waals surface area (Å²) in [5, 5.41) is 6.63. The lowest BCUT2D eigenvalue weighted by Crippen LogP contribution is -2.07. The predicted octanol–water partition coefficient (Wildman–Crippen LogP) is 16.3. The van der Waals surface area contributed by atoms with Crippen LogP contribution in [0.15, 0.2) is 241 Å². The average Bonchev–Trinajstić information content (AvgIpc) is 4.09. The van der Waals surface area contributed by atoms with Gasteiger partial charge in [-0.15, -0.1) is 0 Å². The van der Waals surface area contributed by atoms with Gasteiger partial charge in [0.2, 0.25) is 5.95 Å². The first kappa shape index (κ1) is 38.8. The van der Waals surface area contributed by atoms with Crippen molar-refractivity contribution in [2.24, 2.45) is 0 Å². The minimum absolute atomic E-state index is 0.521. The quantitative estimate of drug-likeness (QED) is 0.160. The van der Waals surface area contributed by atoms with Crippen molar-refractivity contribution in [2.45, 2.75) is 0 Å². The summed E-state index contributed by atoms with van der Waals surface area (Å²) in [6.07, 6.45) is 0. The van der Waals surface area contributed by atoms with Gasteiger partial charge in [0.25, 0.3) is 0 Å². The zero-order chi connectivity index (χ0) is 45.4. The second-order valence-corrected chi connectivity index (χ2v) is 17.5. The molecular weight excluding hydrogens is 843 g/mol. The maximum atomic E-state index is 6.64. The van der Waals surface area contributed by atoms with Crippen LogP contribution < -0.4 is 0 Å². The van der Waals surface area contributed by atoms with E-state index in [1.165, 1.54) is 5.56 Å². The summed E-state index contributed by atoms with van der Waals surface area (Å²) in [4.78, 5) is 16.1. The summed E-state index contributed by atoms with van der Waals surface area (Å²) in [6, 6.07) is 83.4. The molecule has 0 fully saturated rings. The molecule has 69 heavy (non-hydrogen) atoms. The number of para-hydroxylation sites is 2. The topological polar surface area (TPSA) is 61.7 Å². The molecule has 0 aliphatic carbocycles. The number of hydrogen-bond acceptors (Lipinski definition) is 4. The Hall–Kier alpha value is -9.39. The Labute approximate surface area is 396 Å². The Balaban J connectivity index is 1.06. The first-order valence-corrected chi connectivity index (χ1v) is 23.3. The van der Waals surface area contributed by atoms with Gasteiger partial charge in [-0.05, 0) is 70.3 Å². The van der Waals surface area contributed by atoms with Gasteiger partial charge in [0, 0.05) is 49.0 Å². The maximum Gasteiger partial charge on any atom is 0.238 e. The average molecular weight is 882 g/mol. The van der Waals surface area contributed by atoms with E-state index in [4.69, 9.17) is 19.4 Å². The number of fused-ring (bicyclic) bond motifs is 10. The van der Waals surface area contributed by atoms with Crippen LogP contribution in [0.25, 0.3) is 133 Å². The molecule has 0 N–H and O–H groups in total. The van der Waals surface area contributed by atoms with E-state index in [1.807, 2.05) is 30.3 Å². The summed E-state index contributed by atoms with van der Waals surface area (Å²) in [5.74, 6) is 1.65. The molecule has 4 heterocycles. The molecule has 0 saturated carbocycles. The highest BCUT2D eigenvalue weighted by molar-refractivity contribution is 6.24. The lowest BCUT2D eigenvalue weighted by molar-refractivity contribution is 0.669. The molecule has 0 spiro atoms. The predicted molar refractivity (Wildman–Crippen MR) is 283 cm³/mol. The lowest BCUT2D eigenvalue weighted by Gasteiger charge is -2.17. The number of benzene rings is 10. The van der Waals surface area contributed by atoms with E-state index in [0.717, 1.165) is 110 Å². The van der Waals surface area contributed by atoms with Crippen molar-refractivity contribution in [1.29, 1.82) is 0 Å². The molecule has 14 rings (SSSR count). The molecule has 0 aliphatic rings. The Morgan fingerprint density at radius 1 is 0.304 bits per heavy atom. The van der Waals surface area contributed by atoms with Crippen molar-refractivity contribution in [1.82, 2.24) is 24.1 Å². The van der Waals surface area contributed by atoms with Crippen molar-refractivity contribution in [3.8, 4) is 67.8 Å². The number of aromatic nitrogens is 5. The molecule has 0 radical (unpaired) electrons. The third-order valence-corrected chi connectivity index (χ3v) is 13.6. The SMILES string of the molecule is c1ccc(-c2ccc(-n3c4ccccc4c4ccc5c6ccccc6n(-c6nc(-c7ccccc7)nc(-c7ccc8c(c7)oc7cccc(-c9ccccc9)c78)n6)c5c43)c(-c3ccccc3)c2)cc1. The molecule has 10 aromatic carbocycles. The minimum atomic E-state index is 0.521. The zero-order valence-corrected chi connectivity index (χ0v) is 37.2. The van der Waals surface area contributed by atoms with E-state index in [1.54, 1.807) is 0 Å². The van der Waals surface area contributed by atoms with Gasteiger partial charge in [0.1, 0.15) is 11.2 Å². The molecule has 14 aromatic rings. The van der Waals surface area contributed by atoms with Crippen LogP contribution in [-0.2, 0) is 0 Å². The largest absolute Gasteiger partial charge is 0.456 e. The van der Waals surface area contributed by atoms with Gasteiger partial charge in [-0.25, -0.2) is 4.98 Å². The molecule has 6 heteroatoms. The molecule has 4 aromatic heterocycles. The summed E-state index contributed by atoms with van der Waals surface area (Å²) in [5.41, 5.74) is 15.4. The Bertz CT molecular complexity index is 4290. The van der Waals surface area contributed by atoms with Gasteiger partial charge in [0.15, 0.2) is 11.6 Å². The van der Waals surface area contributed by atoms with Crippen molar-refractivity contribution >= 4 is 65.6 Å². The lowest BCUT2D eigenvalue weighted by atomic mass is 9.97. The standard InChI is InChI=1S/C63H39N5O/c1-5-18-40(19-6-1)44-33-37-55(52(38-44)42-22-9-3-10-23-42)67-53-29-15-13-26-47(53)49-35-36-50-48-27-14-16-30-54(48)68(60(50)59(49)67)63-65-61(43-24-11-4-12-25-43)64-62(66-63)45-32-34-51-57(39-45)69-56-31-17-28-46(58(51)56)41-20-7-2-8-21-41/h1-39H. The number of nitrogens with zero attached hydrogens (tertiary/aromatic N) is 5. The monoisotopic (exact) mass is 881 g/mol. The normalized spacial score (nSPS) is 11.8. The van der Waals surface area contributed by atoms with Gasteiger partial charge in [-0.1, -0.05) is 194 Å². The highest BCUT2D eigenvalue weighted by atomic mass is 16.3. The highest BCUT2D eigenvalue weighted by Crippen LogP contribution is 2.44. The third kappa shape index (κ3) is 6.23. The maximum absolute atomic E-state index is 6.64. The molecular formula is C63H39N5O. The number of rotatable bonds is 7. The zero-order valence-electron chi connectivity index (χ0n) is 37.2. The van der Waals surface area contributed by atoms with Gasteiger partial charge in [-0.3, -0.25) is 4.57 Å². The summed E-state index contributed by atoms with van der Waals surface area (Å²) < 4.78 is 11.4. The molecule has 0 aliphatic heterocycles. The van der Waals surface area contributed by atoms with E-state index in [9.17, 15) is 0 Å². The van der Waals surface area contributed by atoms with E-state index in [0.29, 0.717) is 17.6 Å². The van der Waals surface area contributed by atoms with Gasteiger partial charge < -0.3 is 8.98 Å². The van der Waals surface area contributed by atoms with Crippen molar-refractivity contribution < 1.29 is 4.42 Å². The van der Waals surface area contributed by atoms with E-state index in [-0.39, 0.29) is 0 Å². The summed E-state index contributed by atoms with van der Waals surface area (Å²) >= 11 is 0. The van der Waals surface area contributed by atoms with Crippen LogP contribution in [0.3, 0.4) is 0 Å². The van der Waals surface area contributed by atoms with Crippen LogP contribution in [0, 0.1) is 0 Å². The first-order valence-electron chi connectivity index (χ1n) is 23.3. The molecule has 0 unspecified atom stereocenters. The molecule has 0 saturated heterocycles.